The minimum Gasteiger partial charge on any atom is -0.454 e. The fraction of sp³-hybridized carbons (Fsp3) is 0.500. The van der Waals surface area contributed by atoms with Crippen molar-refractivity contribution in [3.05, 3.63) is 40.0 Å². The summed E-state index contributed by atoms with van der Waals surface area (Å²) in [5.74, 6) is 1.02. The number of hydrogen-bond donors (Lipinski definition) is 1. The molecule has 0 aliphatic carbocycles. The smallest absolute Gasteiger partial charge is 0.278 e. The second-order valence-electron chi connectivity index (χ2n) is 5.98. The maximum absolute atomic E-state index is 11.6. The molecular formula is C16H23Cl2N3O4. The molecule has 9 heteroatoms. The van der Waals surface area contributed by atoms with Gasteiger partial charge in [-0.2, -0.15) is 0 Å². The predicted molar refractivity (Wildman–Crippen MR) is 100 cm³/mol. The minimum atomic E-state index is -0.342. The average molecular weight is 392 g/mol. The summed E-state index contributed by atoms with van der Waals surface area (Å²) in [6.07, 6.45) is 0.681. The highest BCUT2D eigenvalue weighted by molar-refractivity contribution is 5.85. The molecule has 25 heavy (non-hydrogen) atoms. The van der Waals surface area contributed by atoms with E-state index >= 15 is 0 Å². The van der Waals surface area contributed by atoms with E-state index in [0.29, 0.717) is 23.5 Å². The van der Waals surface area contributed by atoms with Crippen LogP contribution in [0, 0.1) is 10.1 Å². The van der Waals surface area contributed by atoms with Crippen molar-refractivity contribution in [3.8, 4) is 11.5 Å². The summed E-state index contributed by atoms with van der Waals surface area (Å²) in [5.41, 5.74) is 1.75. The number of hydrogen-bond acceptors (Lipinski definition) is 6. The van der Waals surface area contributed by atoms with Gasteiger partial charge in [-0.1, -0.05) is 5.57 Å². The number of ether oxygens (including phenoxy) is 2. The molecule has 0 bridgehead atoms. The molecule has 3 rings (SSSR count). The minimum absolute atomic E-state index is 0. The van der Waals surface area contributed by atoms with Gasteiger partial charge in [0.05, 0.1) is 16.6 Å². The third-order valence-electron chi connectivity index (χ3n) is 4.21. The zero-order valence-electron chi connectivity index (χ0n) is 14.0. The van der Waals surface area contributed by atoms with Gasteiger partial charge in [0.25, 0.3) is 5.69 Å². The number of nitro benzene ring substituents is 1. The molecule has 2 aliphatic heterocycles. The van der Waals surface area contributed by atoms with Crippen LogP contribution in [0.3, 0.4) is 0 Å². The first-order valence-corrected chi connectivity index (χ1v) is 7.73. The standard InChI is InChI=1S/C16H21N3O4.2ClH/c1-11(2)7-13(18-5-3-17-4-6-18)12-8-15-16(23-10-22-15)9-14(12)19(20)21;;/h8-9,13,17H,1,3-7,10H2,2H3;2*1H/t13-;;/m1../s1. The summed E-state index contributed by atoms with van der Waals surface area (Å²) >= 11 is 0. The first kappa shape index (κ1) is 21.5. The largest absolute Gasteiger partial charge is 0.454 e. The van der Waals surface area contributed by atoms with Gasteiger partial charge in [-0.05, 0) is 19.4 Å². The average Bonchev–Trinajstić information content (AvgIpc) is 2.99. The molecule has 2 aliphatic rings. The van der Waals surface area contributed by atoms with Crippen LogP contribution in [0.4, 0.5) is 5.69 Å². The van der Waals surface area contributed by atoms with Crippen LogP contribution in [-0.4, -0.2) is 42.8 Å². The van der Waals surface area contributed by atoms with Crippen LogP contribution < -0.4 is 14.8 Å². The molecule has 1 fully saturated rings. The fourth-order valence-corrected chi connectivity index (χ4v) is 3.13. The number of benzene rings is 1. The summed E-state index contributed by atoms with van der Waals surface area (Å²) in [4.78, 5) is 13.5. The van der Waals surface area contributed by atoms with Gasteiger partial charge in [0.2, 0.25) is 6.79 Å². The lowest BCUT2D eigenvalue weighted by Crippen LogP contribution is -2.45. The number of nitrogens with zero attached hydrogens (tertiary/aromatic N) is 2. The molecule has 1 aromatic rings. The normalized spacial score (nSPS) is 17.2. The van der Waals surface area contributed by atoms with Gasteiger partial charge >= 0.3 is 0 Å². The molecule has 0 aromatic heterocycles. The SMILES string of the molecule is C=C(C)C[C@H](c1cc2c(cc1[N+](=O)[O-])OCO2)N1CCNCC1.Cl.Cl. The van der Waals surface area contributed by atoms with Crippen LogP contribution in [0.1, 0.15) is 24.9 Å². The molecule has 1 N–H and O–H groups in total. The Bertz CT molecular complexity index is 636. The number of rotatable bonds is 5. The van der Waals surface area contributed by atoms with E-state index in [2.05, 4.69) is 16.8 Å². The molecule has 1 aromatic carbocycles. The number of nitro groups is 1. The van der Waals surface area contributed by atoms with Crippen molar-refractivity contribution >= 4 is 30.5 Å². The van der Waals surface area contributed by atoms with Crippen molar-refractivity contribution in [3.63, 3.8) is 0 Å². The van der Waals surface area contributed by atoms with Crippen molar-refractivity contribution in [2.24, 2.45) is 0 Å². The third-order valence-corrected chi connectivity index (χ3v) is 4.21. The number of piperazine rings is 1. The van der Waals surface area contributed by atoms with Crippen molar-refractivity contribution < 1.29 is 14.4 Å². The molecule has 0 unspecified atom stereocenters. The summed E-state index contributed by atoms with van der Waals surface area (Å²) in [5, 5.41) is 14.9. The summed E-state index contributed by atoms with van der Waals surface area (Å²) < 4.78 is 10.7. The highest BCUT2D eigenvalue weighted by Crippen LogP contribution is 2.43. The second kappa shape index (κ2) is 9.24. The molecule has 0 spiro atoms. The Morgan fingerprint density at radius 3 is 2.48 bits per heavy atom. The van der Waals surface area contributed by atoms with Crippen LogP contribution in [-0.2, 0) is 0 Å². The first-order valence-electron chi connectivity index (χ1n) is 7.73. The number of halogens is 2. The lowest BCUT2D eigenvalue weighted by Gasteiger charge is -2.35. The highest BCUT2D eigenvalue weighted by atomic mass is 35.5. The van der Waals surface area contributed by atoms with Gasteiger partial charge in [0.15, 0.2) is 11.5 Å². The van der Waals surface area contributed by atoms with E-state index in [9.17, 15) is 10.1 Å². The quantitative estimate of drug-likeness (QED) is 0.472. The summed E-state index contributed by atoms with van der Waals surface area (Å²) in [6.45, 7) is 9.51. The lowest BCUT2D eigenvalue weighted by atomic mass is 9.96. The maximum Gasteiger partial charge on any atom is 0.278 e. The van der Waals surface area contributed by atoms with Gasteiger partial charge in [0, 0.05) is 32.2 Å². The van der Waals surface area contributed by atoms with Gasteiger partial charge < -0.3 is 14.8 Å². The highest BCUT2D eigenvalue weighted by Gasteiger charge is 2.31. The molecular weight excluding hydrogens is 369 g/mol. The Labute approximate surface area is 159 Å². The molecule has 0 saturated carbocycles. The van der Waals surface area contributed by atoms with Crippen molar-refractivity contribution in [1.29, 1.82) is 0 Å². The van der Waals surface area contributed by atoms with Crippen molar-refractivity contribution in [2.45, 2.75) is 19.4 Å². The molecule has 7 nitrogen and oxygen atoms in total. The predicted octanol–water partition coefficient (Wildman–Crippen LogP) is 3.08. The van der Waals surface area contributed by atoms with E-state index in [-0.39, 0.29) is 48.3 Å². The Morgan fingerprint density at radius 1 is 1.32 bits per heavy atom. The summed E-state index contributed by atoms with van der Waals surface area (Å²) in [6, 6.07) is 3.16. The topological polar surface area (TPSA) is 76.9 Å². The van der Waals surface area contributed by atoms with E-state index in [4.69, 9.17) is 9.47 Å². The van der Waals surface area contributed by atoms with Crippen LogP contribution >= 0.6 is 24.8 Å². The first-order chi connectivity index (χ1) is 11.1. The Kier molecular flexibility index (Phi) is 7.95. The van der Waals surface area contributed by atoms with E-state index in [1.807, 2.05) is 6.92 Å². The zero-order valence-corrected chi connectivity index (χ0v) is 15.7. The van der Waals surface area contributed by atoms with Crippen LogP contribution in [0.25, 0.3) is 0 Å². The van der Waals surface area contributed by atoms with Gasteiger partial charge in [-0.25, -0.2) is 0 Å². The molecule has 140 valence electrons. The van der Waals surface area contributed by atoms with Gasteiger partial charge in [-0.15, -0.1) is 31.4 Å². The molecule has 0 amide bonds. The number of fused-ring (bicyclic) bond motifs is 1. The molecule has 1 atom stereocenters. The lowest BCUT2D eigenvalue weighted by molar-refractivity contribution is -0.386. The molecule has 1 saturated heterocycles. The van der Waals surface area contributed by atoms with E-state index in [1.165, 1.54) is 6.07 Å². The van der Waals surface area contributed by atoms with Crippen molar-refractivity contribution in [1.82, 2.24) is 10.2 Å². The van der Waals surface area contributed by atoms with Crippen molar-refractivity contribution in [2.75, 3.05) is 33.0 Å². The van der Waals surface area contributed by atoms with E-state index in [0.717, 1.165) is 31.8 Å². The summed E-state index contributed by atoms with van der Waals surface area (Å²) in [7, 11) is 0. The fourth-order valence-electron chi connectivity index (χ4n) is 3.13. The van der Waals surface area contributed by atoms with E-state index < -0.39 is 0 Å². The van der Waals surface area contributed by atoms with Crippen LogP contribution in [0.2, 0.25) is 0 Å². The Hall–Kier alpha value is -1.54. The number of nitrogens with one attached hydrogen (secondary N) is 1. The molecule has 2 heterocycles. The second-order valence-corrected chi connectivity index (χ2v) is 5.98. The van der Waals surface area contributed by atoms with Crippen LogP contribution in [0.15, 0.2) is 24.3 Å². The van der Waals surface area contributed by atoms with Crippen LogP contribution in [0.5, 0.6) is 11.5 Å². The van der Waals surface area contributed by atoms with E-state index in [1.54, 1.807) is 6.07 Å². The zero-order chi connectivity index (χ0) is 16.4. The Morgan fingerprint density at radius 2 is 1.92 bits per heavy atom. The third kappa shape index (κ3) is 4.76. The monoisotopic (exact) mass is 391 g/mol. The Balaban J connectivity index is 0.00000156. The molecule has 0 radical (unpaired) electrons. The van der Waals surface area contributed by atoms with Gasteiger partial charge in [-0.3, -0.25) is 15.0 Å². The van der Waals surface area contributed by atoms with Gasteiger partial charge in [0.1, 0.15) is 0 Å². The maximum atomic E-state index is 11.6.